The lowest BCUT2D eigenvalue weighted by atomic mass is 10.3. The standard InChI is InChI=1S/C7H11N3O2/c1-6-5-7(8-9(6)2)3-4-10(11)12/h5H,3-4H2,1-2H3. The fourth-order valence-electron chi connectivity index (χ4n) is 0.963. The van der Waals surface area contributed by atoms with E-state index in [-0.39, 0.29) is 11.5 Å². The lowest BCUT2D eigenvalue weighted by Gasteiger charge is -1.90. The first-order valence-electron chi connectivity index (χ1n) is 3.71. The molecule has 0 aliphatic carbocycles. The van der Waals surface area contributed by atoms with Crippen LogP contribution < -0.4 is 0 Å². The lowest BCUT2D eigenvalue weighted by Crippen LogP contribution is -2.04. The molecule has 0 fully saturated rings. The van der Waals surface area contributed by atoms with Gasteiger partial charge in [-0.2, -0.15) is 5.10 Å². The van der Waals surface area contributed by atoms with Crippen molar-refractivity contribution >= 4 is 0 Å². The molecule has 1 aromatic heterocycles. The third-order valence-corrected chi connectivity index (χ3v) is 1.71. The quantitative estimate of drug-likeness (QED) is 0.490. The zero-order chi connectivity index (χ0) is 9.14. The Kier molecular flexibility index (Phi) is 2.42. The Balaban J connectivity index is 2.58. The van der Waals surface area contributed by atoms with E-state index in [2.05, 4.69) is 5.10 Å². The van der Waals surface area contributed by atoms with Gasteiger partial charge in [-0.1, -0.05) is 0 Å². The molecule has 0 bridgehead atoms. The predicted molar refractivity (Wildman–Crippen MR) is 43.5 cm³/mol. The Morgan fingerprint density at radius 2 is 2.42 bits per heavy atom. The van der Waals surface area contributed by atoms with E-state index < -0.39 is 0 Å². The molecule has 0 spiro atoms. The van der Waals surface area contributed by atoms with Gasteiger partial charge >= 0.3 is 0 Å². The summed E-state index contributed by atoms with van der Waals surface area (Å²) in [6.07, 6.45) is 0.411. The molecular weight excluding hydrogens is 158 g/mol. The molecular formula is C7H11N3O2. The summed E-state index contributed by atoms with van der Waals surface area (Å²) in [5, 5.41) is 14.1. The summed E-state index contributed by atoms with van der Waals surface area (Å²) in [6.45, 7) is 1.87. The van der Waals surface area contributed by atoms with E-state index in [0.717, 1.165) is 11.4 Å². The fourth-order valence-corrected chi connectivity index (χ4v) is 0.963. The van der Waals surface area contributed by atoms with Gasteiger partial charge in [0.25, 0.3) is 0 Å². The molecule has 0 atom stereocenters. The van der Waals surface area contributed by atoms with Crippen molar-refractivity contribution in [2.45, 2.75) is 13.3 Å². The number of hydrogen-bond donors (Lipinski definition) is 0. The van der Waals surface area contributed by atoms with Crippen LogP contribution in [0.25, 0.3) is 0 Å². The molecule has 5 nitrogen and oxygen atoms in total. The highest BCUT2D eigenvalue weighted by Crippen LogP contribution is 2.01. The van der Waals surface area contributed by atoms with Crippen molar-refractivity contribution in [3.63, 3.8) is 0 Å². The molecule has 0 saturated carbocycles. The summed E-state index contributed by atoms with van der Waals surface area (Å²) in [5.41, 5.74) is 1.81. The molecule has 1 aromatic rings. The Morgan fingerprint density at radius 1 is 1.75 bits per heavy atom. The zero-order valence-corrected chi connectivity index (χ0v) is 7.15. The first-order valence-corrected chi connectivity index (χ1v) is 3.71. The summed E-state index contributed by atoms with van der Waals surface area (Å²) < 4.78 is 1.72. The normalized spacial score (nSPS) is 10.2. The first-order chi connectivity index (χ1) is 5.59. The van der Waals surface area contributed by atoms with Gasteiger partial charge in [-0.05, 0) is 13.0 Å². The molecule has 0 aliphatic heterocycles. The SMILES string of the molecule is Cc1cc(CC[N+](=O)[O-])nn1C. The Morgan fingerprint density at radius 3 is 2.83 bits per heavy atom. The molecule has 66 valence electrons. The van der Waals surface area contributed by atoms with Crippen LogP contribution in [-0.4, -0.2) is 21.2 Å². The van der Waals surface area contributed by atoms with Crippen LogP contribution in [0.4, 0.5) is 0 Å². The van der Waals surface area contributed by atoms with Crippen LogP contribution >= 0.6 is 0 Å². The largest absolute Gasteiger partial charge is 0.273 e. The average Bonchev–Trinajstić information content (AvgIpc) is 2.28. The summed E-state index contributed by atoms with van der Waals surface area (Å²) in [6, 6.07) is 1.86. The zero-order valence-electron chi connectivity index (χ0n) is 7.15. The molecule has 0 unspecified atom stereocenters. The van der Waals surface area contributed by atoms with Crippen LogP contribution in [0, 0.1) is 17.0 Å². The lowest BCUT2D eigenvalue weighted by molar-refractivity contribution is -0.479. The first kappa shape index (κ1) is 8.70. The van der Waals surface area contributed by atoms with Gasteiger partial charge in [0.15, 0.2) is 0 Å². The van der Waals surface area contributed by atoms with Gasteiger partial charge in [-0.15, -0.1) is 0 Å². The number of rotatable bonds is 3. The van der Waals surface area contributed by atoms with E-state index in [1.54, 1.807) is 4.68 Å². The second kappa shape index (κ2) is 3.34. The van der Waals surface area contributed by atoms with E-state index in [4.69, 9.17) is 0 Å². The summed E-state index contributed by atoms with van der Waals surface area (Å²) in [5.74, 6) is 0. The monoisotopic (exact) mass is 169 g/mol. The van der Waals surface area contributed by atoms with Crippen molar-refractivity contribution in [3.05, 3.63) is 27.6 Å². The van der Waals surface area contributed by atoms with Gasteiger partial charge in [-0.3, -0.25) is 14.8 Å². The van der Waals surface area contributed by atoms with E-state index >= 15 is 0 Å². The maximum Gasteiger partial charge on any atom is 0.209 e. The molecule has 0 aliphatic rings. The van der Waals surface area contributed by atoms with Crippen molar-refractivity contribution < 1.29 is 4.92 Å². The molecule has 0 aromatic carbocycles. The van der Waals surface area contributed by atoms with Crippen LogP contribution in [0.3, 0.4) is 0 Å². The predicted octanol–water partition coefficient (Wildman–Crippen LogP) is 0.548. The van der Waals surface area contributed by atoms with Crippen molar-refractivity contribution in [1.82, 2.24) is 9.78 Å². The fraction of sp³-hybridized carbons (Fsp3) is 0.571. The molecule has 12 heavy (non-hydrogen) atoms. The van der Waals surface area contributed by atoms with Crippen molar-refractivity contribution in [3.8, 4) is 0 Å². The number of aromatic nitrogens is 2. The molecule has 5 heteroatoms. The van der Waals surface area contributed by atoms with Crippen LogP contribution in [0.2, 0.25) is 0 Å². The van der Waals surface area contributed by atoms with Gasteiger partial charge in [-0.25, -0.2) is 0 Å². The van der Waals surface area contributed by atoms with Gasteiger partial charge in [0, 0.05) is 17.7 Å². The summed E-state index contributed by atoms with van der Waals surface area (Å²) >= 11 is 0. The topological polar surface area (TPSA) is 61.0 Å². The second-order valence-electron chi connectivity index (χ2n) is 2.71. The highest BCUT2D eigenvalue weighted by atomic mass is 16.6. The molecule has 0 amide bonds. The smallest absolute Gasteiger partial charge is 0.209 e. The van der Waals surface area contributed by atoms with Crippen molar-refractivity contribution in [2.75, 3.05) is 6.54 Å². The van der Waals surface area contributed by atoms with E-state index in [1.807, 2.05) is 20.0 Å². The van der Waals surface area contributed by atoms with Gasteiger partial charge < -0.3 is 0 Å². The second-order valence-corrected chi connectivity index (χ2v) is 2.71. The Bertz CT molecular complexity index is 273. The van der Waals surface area contributed by atoms with E-state index in [1.165, 1.54) is 0 Å². The molecule has 0 saturated heterocycles. The van der Waals surface area contributed by atoms with Gasteiger partial charge in [0.05, 0.1) is 12.1 Å². The minimum absolute atomic E-state index is 0.0452. The maximum atomic E-state index is 10.0. The van der Waals surface area contributed by atoms with Crippen LogP contribution in [0.1, 0.15) is 11.4 Å². The summed E-state index contributed by atoms with van der Waals surface area (Å²) in [7, 11) is 1.82. The minimum Gasteiger partial charge on any atom is -0.273 e. The van der Waals surface area contributed by atoms with E-state index in [9.17, 15) is 10.1 Å². The molecule has 1 heterocycles. The average molecular weight is 169 g/mol. The third-order valence-electron chi connectivity index (χ3n) is 1.71. The van der Waals surface area contributed by atoms with Crippen LogP contribution in [-0.2, 0) is 13.5 Å². The van der Waals surface area contributed by atoms with Gasteiger partial charge in [0.1, 0.15) is 0 Å². The molecule has 0 N–H and O–H groups in total. The van der Waals surface area contributed by atoms with Crippen molar-refractivity contribution in [1.29, 1.82) is 0 Å². The highest BCUT2D eigenvalue weighted by Gasteiger charge is 2.04. The Hall–Kier alpha value is -1.39. The minimum atomic E-state index is -0.329. The van der Waals surface area contributed by atoms with Crippen molar-refractivity contribution in [2.24, 2.45) is 7.05 Å². The number of aryl methyl sites for hydroxylation is 2. The van der Waals surface area contributed by atoms with Crippen LogP contribution in [0.5, 0.6) is 0 Å². The van der Waals surface area contributed by atoms with Gasteiger partial charge in [0.2, 0.25) is 6.54 Å². The Labute approximate surface area is 70.2 Å². The number of nitrogens with zero attached hydrogens (tertiary/aromatic N) is 3. The van der Waals surface area contributed by atoms with E-state index in [0.29, 0.717) is 6.42 Å². The third kappa shape index (κ3) is 2.05. The number of hydrogen-bond acceptors (Lipinski definition) is 3. The van der Waals surface area contributed by atoms with Crippen LogP contribution in [0.15, 0.2) is 6.07 Å². The molecule has 1 rings (SSSR count). The maximum absolute atomic E-state index is 10.0. The highest BCUT2D eigenvalue weighted by molar-refractivity contribution is 5.08. The number of nitro groups is 1. The molecule has 0 radical (unpaired) electrons. The summed E-state index contributed by atoms with van der Waals surface area (Å²) in [4.78, 5) is 9.71.